The molecular formula is C10H17N. The average Bonchev–Trinajstić information content (AvgIpc) is 1.81. The van der Waals surface area contributed by atoms with Gasteiger partial charge in [0.15, 0.2) is 0 Å². The Morgan fingerprint density at radius 3 is 2.18 bits per heavy atom. The Morgan fingerprint density at radius 1 is 1.18 bits per heavy atom. The molecule has 3 aliphatic carbocycles. The fraction of sp³-hybridized carbons (Fsp3) is 1.00. The molecule has 3 saturated carbocycles. The van der Waals surface area contributed by atoms with Crippen molar-refractivity contribution in [3.05, 3.63) is 0 Å². The Bertz CT molecular complexity index is 179. The molecule has 62 valence electrons. The van der Waals surface area contributed by atoms with E-state index in [2.05, 4.69) is 6.92 Å². The largest absolute Gasteiger partial charge is 0.328 e. The lowest BCUT2D eigenvalue weighted by Gasteiger charge is -2.70. The summed E-state index contributed by atoms with van der Waals surface area (Å²) in [5, 5.41) is 0. The van der Waals surface area contributed by atoms with Crippen LogP contribution in [0.1, 0.15) is 32.6 Å². The van der Waals surface area contributed by atoms with Crippen LogP contribution in [0.15, 0.2) is 0 Å². The number of hydrogen-bond acceptors (Lipinski definition) is 1. The van der Waals surface area contributed by atoms with Gasteiger partial charge in [-0.3, -0.25) is 0 Å². The zero-order valence-corrected chi connectivity index (χ0v) is 7.22. The molecular weight excluding hydrogens is 134 g/mol. The molecule has 0 saturated heterocycles. The minimum absolute atomic E-state index is 0.547. The van der Waals surface area contributed by atoms with Crippen molar-refractivity contribution >= 4 is 0 Å². The van der Waals surface area contributed by atoms with Crippen LogP contribution in [0, 0.1) is 23.2 Å². The quantitative estimate of drug-likeness (QED) is 0.561. The zero-order chi connectivity index (χ0) is 7.64. The van der Waals surface area contributed by atoms with Crippen molar-refractivity contribution in [2.75, 3.05) is 0 Å². The van der Waals surface area contributed by atoms with Crippen molar-refractivity contribution in [3.63, 3.8) is 0 Å². The molecule has 11 heavy (non-hydrogen) atoms. The predicted octanol–water partition coefficient (Wildman–Crippen LogP) is 1.77. The van der Waals surface area contributed by atoms with Gasteiger partial charge in [0.1, 0.15) is 0 Å². The van der Waals surface area contributed by atoms with Crippen LogP contribution in [0.5, 0.6) is 0 Å². The van der Waals surface area contributed by atoms with E-state index in [1.807, 2.05) is 0 Å². The molecule has 5 atom stereocenters. The molecule has 0 aromatic heterocycles. The molecule has 0 aromatic rings. The van der Waals surface area contributed by atoms with Crippen molar-refractivity contribution in [1.29, 1.82) is 0 Å². The van der Waals surface area contributed by atoms with Gasteiger partial charge in [0, 0.05) is 6.04 Å². The fourth-order valence-corrected chi connectivity index (χ4v) is 4.34. The first-order valence-electron chi connectivity index (χ1n) is 4.95. The number of nitrogens with two attached hydrogens (primary N) is 1. The third kappa shape index (κ3) is 0.618. The molecule has 3 fully saturated rings. The van der Waals surface area contributed by atoms with E-state index in [4.69, 9.17) is 5.73 Å². The van der Waals surface area contributed by atoms with Crippen LogP contribution >= 0.6 is 0 Å². The van der Waals surface area contributed by atoms with Gasteiger partial charge in [0.25, 0.3) is 0 Å². The standard InChI is InChI=1S/C10H17N/c1-10-4-6-2-8(11)3-7(5-10)9(6)10/h6-9H,2-5,11H2,1H3/t6-,7+,8-,9?,10?. The van der Waals surface area contributed by atoms with Crippen molar-refractivity contribution in [2.45, 2.75) is 38.6 Å². The number of rotatable bonds is 0. The van der Waals surface area contributed by atoms with Crippen molar-refractivity contribution in [3.8, 4) is 0 Å². The molecule has 3 aliphatic rings. The molecule has 0 heterocycles. The van der Waals surface area contributed by atoms with Gasteiger partial charge in [-0.2, -0.15) is 0 Å². The van der Waals surface area contributed by atoms with Crippen molar-refractivity contribution in [2.24, 2.45) is 28.9 Å². The molecule has 0 radical (unpaired) electrons. The summed E-state index contributed by atoms with van der Waals surface area (Å²) in [7, 11) is 0. The van der Waals surface area contributed by atoms with Crippen LogP contribution < -0.4 is 5.73 Å². The fourth-order valence-electron chi connectivity index (χ4n) is 4.34. The first-order chi connectivity index (χ1) is 5.19. The first kappa shape index (κ1) is 6.47. The molecule has 2 N–H and O–H groups in total. The topological polar surface area (TPSA) is 26.0 Å². The summed E-state index contributed by atoms with van der Waals surface area (Å²) in [5.74, 6) is 3.16. The lowest BCUT2D eigenvalue weighted by Crippen LogP contribution is -2.64. The highest BCUT2D eigenvalue weighted by Crippen LogP contribution is 2.70. The zero-order valence-electron chi connectivity index (χ0n) is 7.22. The molecule has 3 rings (SSSR count). The Kier molecular flexibility index (Phi) is 0.976. The van der Waals surface area contributed by atoms with Crippen LogP contribution in [0.2, 0.25) is 0 Å². The van der Waals surface area contributed by atoms with E-state index in [-0.39, 0.29) is 0 Å². The monoisotopic (exact) mass is 151 g/mol. The van der Waals surface area contributed by atoms with E-state index in [0.717, 1.165) is 23.2 Å². The Balaban J connectivity index is 1.82. The molecule has 0 aliphatic heterocycles. The second-order valence-electron chi connectivity index (χ2n) is 5.34. The minimum atomic E-state index is 0.547. The molecule has 1 nitrogen and oxygen atoms in total. The SMILES string of the molecule is CC12C[C@H]3C[C@@H](N)C[C@@H](C1)C32. The van der Waals surface area contributed by atoms with E-state index in [1.165, 1.54) is 25.7 Å². The summed E-state index contributed by atoms with van der Waals surface area (Å²) in [4.78, 5) is 0. The molecule has 0 amide bonds. The maximum Gasteiger partial charge on any atom is 0.00443 e. The van der Waals surface area contributed by atoms with E-state index in [0.29, 0.717) is 6.04 Å². The van der Waals surface area contributed by atoms with E-state index >= 15 is 0 Å². The van der Waals surface area contributed by atoms with Gasteiger partial charge in [-0.05, 0) is 48.9 Å². The minimum Gasteiger partial charge on any atom is -0.328 e. The van der Waals surface area contributed by atoms with Gasteiger partial charge < -0.3 is 5.73 Å². The summed E-state index contributed by atoms with van der Waals surface area (Å²) in [6.07, 6.45) is 5.64. The lowest BCUT2D eigenvalue weighted by molar-refractivity contribution is -0.199. The molecule has 0 spiro atoms. The van der Waals surface area contributed by atoms with E-state index < -0.39 is 0 Å². The van der Waals surface area contributed by atoms with Crippen molar-refractivity contribution < 1.29 is 0 Å². The Morgan fingerprint density at radius 2 is 1.73 bits per heavy atom. The van der Waals surface area contributed by atoms with E-state index in [1.54, 1.807) is 0 Å². The predicted molar refractivity (Wildman–Crippen MR) is 45.0 cm³/mol. The van der Waals surface area contributed by atoms with Gasteiger partial charge >= 0.3 is 0 Å². The maximum absolute atomic E-state index is 5.98. The Labute approximate surface area is 68.3 Å². The molecule has 0 aromatic carbocycles. The van der Waals surface area contributed by atoms with E-state index in [9.17, 15) is 0 Å². The normalized spacial score (nSPS) is 66.0. The smallest absolute Gasteiger partial charge is 0.00443 e. The van der Waals surface area contributed by atoms with Gasteiger partial charge in [0.05, 0.1) is 0 Å². The Hall–Kier alpha value is -0.0400. The summed E-state index contributed by atoms with van der Waals surface area (Å²) < 4.78 is 0. The second-order valence-corrected chi connectivity index (χ2v) is 5.34. The van der Waals surface area contributed by atoms with Crippen LogP contribution in [-0.2, 0) is 0 Å². The molecule has 1 heteroatoms. The van der Waals surface area contributed by atoms with Crippen LogP contribution in [0.3, 0.4) is 0 Å². The first-order valence-corrected chi connectivity index (χ1v) is 4.95. The molecule has 2 unspecified atom stereocenters. The van der Waals surface area contributed by atoms with Crippen molar-refractivity contribution in [1.82, 2.24) is 0 Å². The second kappa shape index (κ2) is 1.66. The highest BCUT2D eigenvalue weighted by Gasteiger charge is 2.63. The van der Waals surface area contributed by atoms with Gasteiger partial charge in [-0.25, -0.2) is 0 Å². The highest BCUT2D eigenvalue weighted by atomic mass is 14.7. The lowest BCUT2D eigenvalue weighted by atomic mass is 9.36. The van der Waals surface area contributed by atoms with Gasteiger partial charge in [-0.1, -0.05) is 6.92 Å². The summed E-state index contributed by atoms with van der Waals surface area (Å²) in [6, 6.07) is 0.547. The van der Waals surface area contributed by atoms with Crippen LogP contribution in [-0.4, -0.2) is 6.04 Å². The maximum atomic E-state index is 5.98. The van der Waals surface area contributed by atoms with Crippen LogP contribution in [0.4, 0.5) is 0 Å². The third-order valence-electron chi connectivity index (χ3n) is 4.49. The number of hydrogen-bond donors (Lipinski definition) is 1. The third-order valence-corrected chi connectivity index (χ3v) is 4.49. The highest BCUT2D eigenvalue weighted by molar-refractivity contribution is 5.13. The molecule has 0 bridgehead atoms. The average molecular weight is 151 g/mol. The van der Waals surface area contributed by atoms with Gasteiger partial charge in [0.2, 0.25) is 0 Å². The summed E-state index contributed by atoms with van der Waals surface area (Å²) in [5.41, 5.74) is 6.77. The van der Waals surface area contributed by atoms with Crippen LogP contribution in [0.25, 0.3) is 0 Å². The summed E-state index contributed by atoms with van der Waals surface area (Å²) in [6.45, 7) is 2.47. The van der Waals surface area contributed by atoms with Gasteiger partial charge in [-0.15, -0.1) is 0 Å². The summed E-state index contributed by atoms with van der Waals surface area (Å²) >= 11 is 0.